The van der Waals surface area contributed by atoms with Gasteiger partial charge in [-0.25, -0.2) is 14.4 Å². The number of esters is 7. The number of carbonyl (C=O) groups excluding carboxylic acids is 8. The van der Waals surface area contributed by atoms with Crippen molar-refractivity contribution >= 4 is 114 Å². The van der Waals surface area contributed by atoms with Gasteiger partial charge in [-0.3, -0.25) is 24.0 Å². The van der Waals surface area contributed by atoms with Crippen molar-refractivity contribution in [3.63, 3.8) is 0 Å². The molecular weight excluding hydrogens is 1630 g/mol. The minimum Gasteiger partial charge on any atom is -0.493 e. The summed E-state index contributed by atoms with van der Waals surface area (Å²) in [6, 6.07) is 43.8. The fraction of sp³-hybridized carbons (Fsp3) is 0.461. The van der Waals surface area contributed by atoms with Gasteiger partial charge in [0.1, 0.15) is 47.3 Å². The van der Waals surface area contributed by atoms with Gasteiger partial charge >= 0.3 is 48.0 Å². The Hall–Kier alpha value is -8.77. The van der Waals surface area contributed by atoms with Crippen molar-refractivity contribution in [1.82, 2.24) is 9.80 Å². The number of hydrogen-bond acceptors (Lipinski definition) is 22. The number of alkyl halides is 3. The van der Waals surface area contributed by atoms with Crippen LogP contribution in [0.1, 0.15) is 145 Å². The van der Waals surface area contributed by atoms with E-state index in [9.17, 15) is 51.5 Å². The zero-order valence-corrected chi connectivity index (χ0v) is 74.3. The van der Waals surface area contributed by atoms with E-state index in [2.05, 4.69) is 45.8 Å². The number of ether oxygens (including phenoxy) is 10. The fourth-order valence-electron chi connectivity index (χ4n) is 14.8. The number of isocyanates is 1. The second kappa shape index (κ2) is 45.2. The van der Waals surface area contributed by atoms with E-state index >= 15 is 0 Å². The summed E-state index contributed by atoms with van der Waals surface area (Å²) in [6.07, 6.45) is 5.58. The van der Waals surface area contributed by atoms with Crippen LogP contribution in [-0.4, -0.2) is 159 Å². The Kier molecular flexibility index (Phi) is 39.0. The monoisotopic (exact) mass is 1750 g/mol. The summed E-state index contributed by atoms with van der Waals surface area (Å²) in [6.45, 7) is 19.7. The second-order valence-corrected chi connectivity index (χ2v) is 32.5. The summed E-state index contributed by atoms with van der Waals surface area (Å²) < 4.78 is 94.1. The summed E-state index contributed by atoms with van der Waals surface area (Å²) in [5.41, 5.74) is 11.5. The van der Waals surface area contributed by atoms with Crippen molar-refractivity contribution in [2.75, 3.05) is 41.4 Å². The molecule has 6 aromatic carbocycles. The van der Waals surface area contributed by atoms with Crippen molar-refractivity contribution < 1.29 is 98.9 Å². The molecule has 2 spiro atoms. The van der Waals surface area contributed by atoms with Crippen LogP contribution >= 0.6 is 66.4 Å². The molecule has 650 valence electrons. The highest BCUT2D eigenvalue weighted by Gasteiger charge is 2.55. The molecule has 22 nitrogen and oxygen atoms in total. The number of aliphatic imine (C=N–C) groups is 1. The third-order valence-electron chi connectivity index (χ3n) is 20.0. The molecule has 2 N–H and O–H groups in total. The molecule has 119 heavy (non-hydrogen) atoms. The lowest BCUT2D eigenvalue weighted by Gasteiger charge is -2.36. The third-order valence-corrected chi connectivity index (χ3v) is 20.0. The second-order valence-electron chi connectivity index (χ2n) is 32.5. The number of nitrogens with zero attached hydrogens (tertiary/aromatic N) is 3. The van der Waals surface area contributed by atoms with Gasteiger partial charge in [0.05, 0.1) is 49.7 Å². The zero-order valence-electron chi connectivity index (χ0n) is 69.5. The highest BCUT2D eigenvalue weighted by Crippen LogP contribution is 2.58. The zero-order chi connectivity index (χ0) is 82.9. The maximum Gasteiger partial charge on any atom is 0.491 e. The number of benzene rings is 6. The molecule has 0 saturated carbocycles. The van der Waals surface area contributed by atoms with Crippen LogP contribution in [0.15, 0.2) is 175 Å². The first-order chi connectivity index (χ1) is 53.9. The van der Waals surface area contributed by atoms with Gasteiger partial charge < -0.3 is 62.9 Å². The minimum atomic E-state index is -5.34. The molecule has 6 aliphatic rings. The van der Waals surface area contributed by atoms with E-state index in [1.807, 2.05) is 163 Å². The van der Waals surface area contributed by atoms with Crippen molar-refractivity contribution in [3.8, 4) is 23.0 Å². The quantitative estimate of drug-likeness (QED) is 0.0175. The topological polar surface area (TPSA) is 274 Å². The van der Waals surface area contributed by atoms with Gasteiger partial charge in [0.2, 0.25) is 6.08 Å². The summed E-state index contributed by atoms with van der Waals surface area (Å²) in [5.74, 6) is -5.68. The molecule has 4 aliphatic heterocycles. The smallest absolute Gasteiger partial charge is 0.491 e. The van der Waals surface area contributed by atoms with E-state index in [4.69, 9.17) is 48.4 Å². The van der Waals surface area contributed by atoms with Crippen LogP contribution in [0.25, 0.3) is 0 Å². The van der Waals surface area contributed by atoms with Crippen LogP contribution in [0.5, 0.6) is 23.0 Å². The molecule has 0 aromatic heterocycles. The first-order valence-electron chi connectivity index (χ1n) is 38.3. The van der Waals surface area contributed by atoms with Gasteiger partial charge in [0.15, 0.2) is 29.0 Å². The summed E-state index contributed by atoms with van der Waals surface area (Å²) in [7, 11) is 7.44. The van der Waals surface area contributed by atoms with E-state index in [0.717, 1.165) is 78.3 Å². The predicted molar refractivity (Wildman–Crippen MR) is 467 cm³/mol. The predicted octanol–water partition coefficient (Wildman–Crippen LogP) is 14.3. The van der Waals surface area contributed by atoms with Crippen LogP contribution in [0.3, 0.4) is 0 Å². The molecule has 10 atom stereocenters. The minimum absolute atomic E-state index is 0. The first kappa shape index (κ1) is 103. The van der Waals surface area contributed by atoms with Crippen LogP contribution in [0, 0.1) is 11.8 Å². The first-order valence-corrected chi connectivity index (χ1v) is 38.3. The molecule has 2 aliphatic carbocycles. The summed E-state index contributed by atoms with van der Waals surface area (Å²) in [5, 5.41) is 0. The SMILES string of the molecule is CC(C)(C)OC(=O)[C@@H](N)Cc1ccccc1.CC(C)(C)OC(=O)[C@H](Cc1ccccc1)N=C=O.COc1ccc2c3c1O[C@H]1C[C@@H](OC(=O)C[C@@H](Cc4ccccc4)C(=O)OC(=O)C(F)(F)F)C=C[C@@]31CCN(C)C2.COc1ccc2c3c1O[C@H]1C[C@@H](OC(=O)C[C@@H](Cc4ccccc4)C(=O)OC(C)(C)C)C=C[C@@]31CCN(C)C2.Cl.S.S.S.S. The van der Waals surface area contributed by atoms with Crippen molar-refractivity contribution in [2.45, 2.75) is 210 Å². The fourth-order valence-corrected chi connectivity index (χ4v) is 14.8. The third kappa shape index (κ3) is 28.7. The van der Waals surface area contributed by atoms with E-state index in [1.165, 1.54) is 17.2 Å². The number of hydrogen-bond donors (Lipinski definition) is 1. The Balaban J connectivity index is 0.000000353. The van der Waals surface area contributed by atoms with E-state index < -0.39 is 107 Å². The van der Waals surface area contributed by atoms with E-state index in [1.54, 1.807) is 71.4 Å². The number of rotatable bonds is 21. The normalized spacial score (nSPS) is 19.9. The highest BCUT2D eigenvalue weighted by molar-refractivity contribution is 7.59. The van der Waals surface area contributed by atoms with Gasteiger partial charge in [-0.05, 0) is 179 Å². The lowest BCUT2D eigenvalue weighted by atomic mass is 9.69. The lowest BCUT2D eigenvalue weighted by molar-refractivity contribution is -0.203. The Bertz CT molecular complexity index is 4470. The number of carbonyl (C=O) groups is 7. The standard InChI is InChI=1S/C32H39NO6.C30H30F3NO7.C14H17NO3.C13H19NO2.ClH.4H2S/c1-31(2,3)39-30(35)23(17-21-9-7-6-8-10-21)18-27(34)37-24-13-14-32-15-16-33(4)20-22-11-12-25(36-5)29(28(22)32)38-26(32)19-24;1-34-13-12-29-11-10-21(16-23(29)40-26-22(38-2)9-8-19(17-34)25(26)29)39-24(35)15-20(14-18-6-4-3-5-7-18)27(36)41-28(37)30(31,32)33;1-14(2,3)18-13(17)12(15-10-16)9-11-7-5-4-6-8-11;1-13(2,3)16-12(15)11(14)9-10-7-5-4-6-8-10;;;;;/h6-14,23-24,26H,15-20H2,1-5H3;3-11,20-21,23H,12-17H2,1-2H3;4-8,12H,9H2,1-3H3;4-8,11H,9,14H2,1-3H3;1H;4*1H2/t23-,24+,26+,32+;20-,21+,23+,29+;12-;11-;;;;;/m1100...../s1. The van der Waals surface area contributed by atoms with Crippen LogP contribution < -0.4 is 24.7 Å². The molecule has 0 unspecified atom stereocenters. The number of halogens is 4. The molecule has 0 radical (unpaired) electrons. The Labute approximate surface area is 729 Å². The van der Waals surface area contributed by atoms with Gasteiger partial charge in [-0.15, -0.1) is 12.4 Å². The average molecular weight is 1750 g/mol. The highest BCUT2D eigenvalue weighted by atomic mass is 35.5. The molecule has 4 heterocycles. The van der Waals surface area contributed by atoms with Gasteiger partial charge in [-0.1, -0.05) is 146 Å². The molecule has 12 rings (SSSR count). The Morgan fingerprint density at radius 1 is 0.513 bits per heavy atom. The van der Waals surface area contributed by atoms with Crippen LogP contribution in [-0.2, 0) is 116 Å². The molecule has 0 amide bonds. The average Bonchev–Trinajstić information content (AvgIpc) is 1.57. The van der Waals surface area contributed by atoms with Gasteiger partial charge in [0, 0.05) is 43.5 Å². The number of nitrogens with two attached hydrogens (primary N) is 1. The maximum atomic E-state index is 13.2. The number of methoxy groups -OCH3 is 2. The van der Waals surface area contributed by atoms with E-state index in [-0.39, 0.29) is 103 Å². The van der Waals surface area contributed by atoms with Crippen molar-refractivity contribution in [3.05, 3.63) is 214 Å². The molecule has 6 aromatic rings. The van der Waals surface area contributed by atoms with E-state index in [0.29, 0.717) is 49.2 Å². The summed E-state index contributed by atoms with van der Waals surface area (Å²) >= 11 is 0. The Morgan fingerprint density at radius 2 is 0.866 bits per heavy atom. The molecular formula is C89H114ClF3N4O18S4. The van der Waals surface area contributed by atoms with Crippen LogP contribution in [0.2, 0.25) is 0 Å². The van der Waals surface area contributed by atoms with Gasteiger partial charge in [0.25, 0.3) is 0 Å². The van der Waals surface area contributed by atoms with Gasteiger partial charge in [-0.2, -0.15) is 72.1 Å². The van der Waals surface area contributed by atoms with Crippen molar-refractivity contribution in [1.29, 1.82) is 0 Å². The molecule has 30 heteroatoms. The largest absolute Gasteiger partial charge is 0.493 e. The molecule has 0 fully saturated rings. The molecule has 0 saturated heterocycles. The lowest BCUT2D eigenvalue weighted by Crippen LogP contribution is -2.44. The Morgan fingerprint density at radius 3 is 1.23 bits per heavy atom. The van der Waals surface area contributed by atoms with Crippen molar-refractivity contribution in [2.24, 2.45) is 22.6 Å². The molecule has 0 bridgehead atoms. The maximum absolute atomic E-state index is 13.2. The summed E-state index contributed by atoms with van der Waals surface area (Å²) in [4.78, 5) is 105. The van der Waals surface area contributed by atoms with Crippen LogP contribution in [0.4, 0.5) is 13.2 Å².